The molecule has 0 aliphatic heterocycles. The first-order valence-electron chi connectivity index (χ1n) is 8.72. The molecule has 4 aromatic rings. The van der Waals surface area contributed by atoms with E-state index < -0.39 is 5.97 Å². The Morgan fingerprint density at radius 1 is 1.18 bits per heavy atom. The molecule has 1 N–H and O–H groups in total. The van der Waals surface area contributed by atoms with Gasteiger partial charge in [0.2, 0.25) is 0 Å². The molecular weight excluding hydrogens is 380 g/mol. The molecule has 2 heterocycles. The molecule has 0 atom stereocenters. The van der Waals surface area contributed by atoms with Crippen LogP contribution >= 0.6 is 11.6 Å². The molecule has 28 heavy (non-hydrogen) atoms. The molecule has 0 unspecified atom stereocenters. The van der Waals surface area contributed by atoms with Crippen molar-refractivity contribution in [2.24, 2.45) is 0 Å². The van der Waals surface area contributed by atoms with Gasteiger partial charge in [0.15, 0.2) is 0 Å². The van der Waals surface area contributed by atoms with E-state index in [1.54, 1.807) is 24.5 Å². The Hall–Kier alpha value is -3.12. The number of carbonyl (C=O) groups is 1. The number of aryl methyl sites for hydroxylation is 2. The molecule has 0 saturated heterocycles. The molecule has 0 bridgehead atoms. The molecule has 0 saturated carbocycles. The zero-order chi connectivity index (χ0) is 19.8. The van der Waals surface area contributed by atoms with Crippen molar-refractivity contribution in [3.63, 3.8) is 0 Å². The maximum atomic E-state index is 12.3. The van der Waals surface area contributed by atoms with Gasteiger partial charge in [-0.05, 0) is 55.3 Å². The number of hydrogen-bond acceptors (Lipinski definition) is 5. The normalized spacial score (nSPS) is 11.2. The number of benzene rings is 2. The Morgan fingerprint density at radius 2 is 1.96 bits per heavy atom. The van der Waals surface area contributed by atoms with Crippen molar-refractivity contribution in [1.29, 1.82) is 0 Å². The highest BCUT2D eigenvalue weighted by Crippen LogP contribution is 2.25. The number of esters is 1. The first-order valence-corrected chi connectivity index (χ1v) is 9.10. The number of ether oxygens (including phenoxy) is 1. The standard InChI is InChI=1S/C21H17ClN2O4/c1-11-5-16-13(9-27-18(16)6-12(11)2)7-20(25)28-10-19-23-17-8-14(22)3-4-15(17)21(26)24-19/h3-6,8-9H,7,10H2,1-2H3,(H,23,24,26). The summed E-state index contributed by atoms with van der Waals surface area (Å²) >= 11 is 5.95. The number of nitrogens with zero attached hydrogens (tertiary/aromatic N) is 1. The SMILES string of the molecule is Cc1cc2occ(CC(=O)OCc3nc4cc(Cl)ccc4c(=O)[nH]3)c2cc1C. The van der Waals surface area contributed by atoms with Crippen LogP contribution in [0.5, 0.6) is 0 Å². The molecular formula is C21H17ClN2O4. The minimum Gasteiger partial charge on any atom is -0.464 e. The Balaban J connectivity index is 1.50. The highest BCUT2D eigenvalue weighted by atomic mass is 35.5. The molecule has 2 aromatic heterocycles. The van der Waals surface area contributed by atoms with Crippen LogP contribution in [0.4, 0.5) is 0 Å². The van der Waals surface area contributed by atoms with Crippen molar-refractivity contribution >= 4 is 39.4 Å². The fourth-order valence-corrected chi connectivity index (χ4v) is 3.22. The van der Waals surface area contributed by atoms with Gasteiger partial charge in [-0.1, -0.05) is 11.6 Å². The molecule has 0 aliphatic carbocycles. The molecule has 4 rings (SSSR count). The van der Waals surface area contributed by atoms with Crippen LogP contribution in [0.2, 0.25) is 5.02 Å². The molecule has 142 valence electrons. The molecule has 0 fully saturated rings. The largest absolute Gasteiger partial charge is 0.464 e. The average Bonchev–Trinajstić information content (AvgIpc) is 3.01. The lowest BCUT2D eigenvalue weighted by Gasteiger charge is -2.06. The van der Waals surface area contributed by atoms with Crippen LogP contribution in [0.25, 0.3) is 21.9 Å². The van der Waals surface area contributed by atoms with Crippen LogP contribution in [-0.2, 0) is 22.6 Å². The van der Waals surface area contributed by atoms with E-state index in [2.05, 4.69) is 9.97 Å². The number of rotatable bonds is 4. The number of fused-ring (bicyclic) bond motifs is 2. The number of aromatic amines is 1. The highest BCUT2D eigenvalue weighted by molar-refractivity contribution is 6.31. The zero-order valence-corrected chi connectivity index (χ0v) is 16.1. The van der Waals surface area contributed by atoms with Gasteiger partial charge in [0, 0.05) is 16.0 Å². The minimum absolute atomic E-state index is 0.0686. The lowest BCUT2D eigenvalue weighted by atomic mass is 10.0. The van der Waals surface area contributed by atoms with Gasteiger partial charge in [0.05, 0.1) is 23.6 Å². The summed E-state index contributed by atoms with van der Waals surface area (Å²) in [5.74, 6) is -0.175. The van der Waals surface area contributed by atoms with E-state index in [4.69, 9.17) is 20.8 Å². The van der Waals surface area contributed by atoms with E-state index in [9.17, 15) is 9.59 Å². The van der Waals surface area contributed by atoms with Gasteiger partial charge < -0.3 is 14.1 Å². The van der Waals surface area contributed by atoms with Crippen molar-refractivity contribution in [1.82, 2.24) is 9.97 Å². The number of H-pyrrole nitrogens is 1. The van der Waals surface area contributed by atoms with E-state index in [-0.39, 0.29) is 24.4 Å². The van der Waals surface area contributed by atoms with E-state index >= 15 is 0 Å². The second-order valence-corrected chi connectivity index (χ2v) is 7.14. The lowest BCUT2D eigenvalue weighted by Crippen LogP contribution is -2.15. The summed E-state index contributed by atoms with van der Waals surface area (Å²) in [6.07, 6.45) is 1.64. The summed E-state index contributed by atoms with van der Waals surface area (Å²) in [4.78, 5) is 31.3. The number of furan rings is 1. The first kappa shape index (κ1) is 18.3. The molecule has 6 nitrogen and oxygen atoms in total. The van der Waals surface area contributed by atoms with Crippen molar-refractivity contribution in [3.05, 3.63) is 74.5 Å². The van der Waals surface area contributed by atoms with E-state index in [0.29, 0.717) is 15.9 Å². The van der Waals surface area contributed by atoms with Gasteiger partial charge in [-0.3, -0.25) is 9.59 Å². The number of carbonyl (C=O) groups excluding carboxylic acids is 1. The number of hydrogen-bond donors (Lipinski definition) is 1. The summed E-state index contributed by atoms with van der Waals surface area (Å²) < 4.78 is 10.8. The highest BCUT2D eigenvalue weighted by Gasteiger charge is 2.14. The van der Waals surface area contributed by atoms with Gasteiger partial charge in [-0.2, -0.15) is 0 Å². The predicted molar refractivity (Wildman–Crippen MR) is 107 cm³/mol. The smallest absolute Gasteiger partial charge is 0.310 e. The molecule has 0 radical (unpaired) electrons. The Labute approximate surface area is 165 Å². The first-order chi connectivity index (χ1) is 13.4. The van der Waals surface area contributed by atoms with E-state index in [0.717, 1.165) is 27.7 Å². The van der Waals surface area contributed by atoms with Crippen LogP contribution in [0.3, 0.4) is 0 Å². The third-order valence-electron chi connectivity index (χ3n) is 4.69. The summed E-state index contributed by atoms with van der Waals surface area (Å²) in [6.45, 7) is 3.89. The summed E-state index contributed by atoms with van der Waals surface area (Å²) in [6, 6.07) is 8.78. The van der Waals surface area contributed by atoms with Crippen molar-refractivity contribution in [2.45, 2.75) is 26.9 Å². The number of nitrogens with one attached hydrogen (secondary N) is 1. The molecule has 0 spiro atoms. The van der Waals surface area contributed by atoms with Crippen LogP contribution < -0.4 is 5.56 Å². The summed E-state index contributed by atoms with van der Waals surface area (Å²) in [5, 5.41) is 1.80. The van der Waals surface area contributed by atoms with E-state index in [1.807, 2.05) is 26.0 Å². The summed E-state index contributed by atoms with van der Waals surface area (Å²) in [7, 11) is 0. The fraction of sp³-hybridized carbons (Fsp3) is 0.190. The minimum atomic E-state index is -0.435. The van der Waals surface area contributed by atoms with Gasteiger partial charge >= 0.3 is 5.97 Å². The maximum Gasteiger partial charge on any atom is 0.310 e. The van der Waals surface area contributed by atoms with Gasteiger partial charge in [0.1, 0.15) is 18.0 Å². The van der Waals surface area contributed by atoms with Crippen LogP contribution in [-0.4, -0.2) is 15.9 Å². The third kappa shape index (κ3) is 3.51. The van der Waals surface area contributed by atoms with Crippen LogP contribution in [0.15, 0.2) is 45.8 Å². The Morgan fingerprint density at radius 3 is 2.79 bits per heavy atom. The summed E-state index contributed by atoms with van der Waals surface area (Å²) in [5.41, 5.74) is 3.90. The Bertz CT molecular complexity index is 1270. The zero-order valence-electron chi connectivity index (χ0n) is 15.3. The number of halogens is 1. The predicted octanol–water partition coefficient (Wildman–Crippen LogP) is 4.23. The lowest BCUT2D eigenvalue weighted by molar-refractivity contribution is -0.144. The topological polar surface area (TPSA) is 85.2 Å². The fourth-order valence-electron chi connectivity index (χ4n) is 3.06. The Kier molecular flexibility index (Phi) is 4.65. The molecule has 0 amide bonds. The van der Waals surface area contributed by atoms with Crippen LogP contribution in [0.1, 0.15) is 22.5 Å². The monoisotopic (exact) mass is 396 g/mol. The van der Waals surface area contributed by atoms with Crippen molar-refractivity contribution in [3.8, 4) is 0 Å². The van der Waals surface area contributed by atoms with Crippen LogP contribution in [0, 0.1) is 13.8 Å². The van der Waals surface area contributed by atoms with Crippen molar-refractivity contribution in [2.75, 3.05) is 0 Å². The third-order valence-corrected chi connectivity index (χ3v) is 4.93. The van der Waals surface area contributed by atoms with Gasteiger partial charge in [-0.25, -0.2) is 4.98 Å². The molecule has 2 aromatic carbocycles. The number of aromatic nitrogens is 2. The van der Waals surface area contributed by atoms with Gasteiger partial charge in [0.25, 0.3) is 5.56 Å². The quantitative estimate of drug-likeness (QED) is 0.522. The van der Waals surface area contributed by atoms with E-state index in [1.165, 1.54) is 0 Å². The van der Waals surface area contributed by atoms with Gasteiger partial charge in [-0.15, -0.1) is 0 Å². The second kappa shape index (κ2) is 7.13. The molecule has 7 heteroatoms. The second-order valence-electron chi connectivity index (χ2n) is 6.71. The average molecular weight is 397 g/mol. The maximum absolute atomic E-state index is 12.3. The molecule has 0 aliphatic rings. The van der Waals surface area contributed by atoms with Crippen molar-refractivity contribution < 1.29 is 13.9 Å².